The number of fused-ring (bicyclic) bond motifs is 1. The van der Waals surface area contributed by atoms with E-state index in [1.807, 2.05) is 57.2 Å². The third-order valence-electron chi connectivity index (χ3n) is 5.34. The number of carbonyl (C=O) groups is 1. The van der Waals surface area contributed by atoms with Gasteiger partial charge in [0.05, 0.1) is 17.5 Å². The van der Waals surface area contributed by atoms with Gasteiger partial charge in [0.15, 0.2) is 0 Å². The number of sulfonamides is 1. The van der Waals surface area contributed by atoms with Crippen LogP contribution in [0.2, 0.25) is 0 Å². The van der Waals surface area contributed by atoms with Gasteiger partial charge in [0.2, 0.25) is 15.9 Å². The van der Waals surface area contributed by atoms with Crippen molar-refractivity contribution in [3.05, 3.63) is 77.4 Å². The van der Waals surface area contributed by atoms with Gasteiger partial charge in [-0.25, -0.2) is 8.42 Å². The Morgan fingerprint density at radius 2 is 1.70 bits per heavy atom. The minimum absolute atomic E-state index is 0.158. The Kier molecular flexibility index (Phi) is 6.58. The van der Waals surface area contributed by atoms with Crippen LogP contribution in [0.1, 0.15) is 36.1 Å². The molecule has 3 rings (SSSR count). The Hall–Kier alpha value is -2.70. The zero-order valence-corrected chi connectivity index (χ0v) is 18.7. The summed E-state index contributed by atoms with van der Waals surface area (Å²) in [7, 11) is -2.34. The quantitative estimate of drug-likeness (QED) is 0.613. The van der Waals surface area contributed by atoms with Gasteiger partial charge in [-0.05, 0) is 54.3 Å². The van der Waals surface area contributed by atoms with Crippen molar-refractivity contribution < 1.29 is 13.2 Å². The lowest BCUT2D eigenvalue weighted by Gasteiger charge is -2.22. The maximum Gasteiger partial charge on any atom is 0.243 e. The molecule has 6 heteroatoms. The molecule has 0 radical (unpaired) electrons. The Balaban J connectivity index is 1.74. The smallest absolute Gasteiger partial charge is 0.243 e. The van der Waals surface area contributed by atoms with Crippen molar-refractivity contribution >= 4 is 26.7 Å². The van der Waals surface area contributed by atoms with Gasteiger partial charge in [-0.1, -0.05) is 61.0 Å². The summed E-state index contributed by atoms with van der Waals surface area (Å²) in [5.74, 6) is -0.325. The average Bonchev–Trinajstić information content (AvgIpc) is 2.72. The second-order valence-electron chi connectivity index (χ2n) is 7.66. The second-order valence-corrected chi connectivity index (χ2v) is 9.70. The monoisotopic (exact) mass is 424 g/mol. The normalized spacial score (nSPS) is 12.8. The molecule has 0 aliphatic carbocycles. The number of hydrogen-bond donors (Lipinski definition) is 1. The third-order valence-corrected chi connectivity index (χ3v) is 7.14. The zero-order valence-electron chi connectivity index (χ0n) is 17.8. The van der Waals surface area contributed by atoms with Crippen molar-refractivity contribution in [2.75, 3.05) is 13.6 Å². The minimum atomic E-state index is -3.77. The first-order valence-electron chi connectivity index (χ1n) is 10.0. The summed E-state index contributed by atoms with van der Waals surface area (Å²) in [6.45, 7) is 5.81. The van der Waals surface area contributed by atoms with Gasteiger partial charge in [0.25, 0.3) is 0 Å². The van der Waals surface area contributed by atoms with Gasteiger partial charge >= 0.3 is 0 Å². The topological polar surface area (TPSA) is 66.5 Å². The Morgan fingerprint density at radius 1 is 1.00 bits per heavy atom. The van der Waals surface area contributed by atoms with Crippen LogP contribution in [0.15, 0.2) is 65.6 Å². The first kappa shape index (κ1) is 22.0. The van der Waals surface area contributed by atoms with E-state index < -0.39 is 10.0 Å². The highest BCUT2D eigenvalue weighted by Gasteiger charge is 2.24. The number of nitrogens with one attached hydrogen (secondary N) is 1. The first-order valence-corrected chi connectivity index (χ1v) is 11.5. The molecule has 0 aromatic heterocycles. The van der Waals surface area contributed by atoms with Crippen LogP contribution in [-0.4, -0.2) is 32.2 Å². The van der Waals surface area contributed by atoms with E-state index in [0.717, 1.165) is 32.6 Å². The number of amides is 1. The fourth-order valence-corrected chi connectivity index (χ4v) is 4.81. The maximum atomic E-state index is 13.0. The standard InChI is InChI=1S/C24H28N2O3S/c1-5-23(22-13-10-17(2)14-18(22)3)25-24(27)16-26(4)30(28,29)21-12-11-19-8-6-7-9-20(19)15-21/h6-15,23H,5,16H2,1-4H3,(H,25,27)/t23-/m0/s1. The highest BCUT2D eigenvalue weighted by molar-refractivity contribution is 7.89. The molecular formula is C24H28N2O3S. The molecule has 0 aliphatic rings. The number of benzene rings is 3. The van der Waals surface area contributed by atoms with Crippen LogP contribution in [0, 0.1) is 13.8 Å². The summed E-state index contributed by atoms with van der Waals surface area (Å²) in [5, 5.41) is 4.80. The molecule has 30 heavy (non-hydrogen) atoms. The Morgan fingerprint density at radius 3 is 2.37 bits per heavy atom. The van der Waals surface area contributed by atoms with Crippen molar-refractivity contribution in [3.63, 3.8) is 0 Å². The summed E-state index contributed by atoms with van der Waals surface area (Å²) in [5.41, 5.74) is 3.33. The van der Waals surface area contributed by atoms with Crippen LogP contribution in [-0.2, 0) is 14.8 Å². The molecule has 3 aromatic carbocycles. The number of likely N-dealkylation sites (N-methyl/N-ethyl adjacent to an activating group) is 1. The van der Waals surface area contributed by atoms with Gasteiger partial charge in [-0.15, -0.1) is 0 Å². The highest BCUT2D eigenvalue weighted by Crippen LogP contribution is 2.23. The van der Waals surface area contributed by atoms with Crippen LogP contribution < -0.4 is 5.32 Å². The van der Waals surface area contributed by atoms with E-state index in [1.54, 1.807) is 18.2 Å². The molecule has 1 atom stereocenters. The highest BCUT2D eigenvalue weighted by atomic mass is 32.2. The van der Waals surface area contributed by atoms with Gasteiger partial charge in [-0.2, -0.15) is 4.31 Å². The van der Waals surface area contributed by atoms with Gasteiger partial charge in [0.1, 0.15) is 0 Å². The average molecular weight is 425 g/mol. The molecule has 1 N–H and O–H groups in total. The van der Waals surface area contributed by atoms with Gasteiger partial charge < -0.3 is 5.32 Å². The SMILES string of the molecule is CC[C@H](NC(=O)CN(C)S(=O)(=O)c1ccc2ccccc2c1)c1ccc(C)cc1C. The molecule has 3 aromatic rings. The number of aryl methyl sites for hydroxylation is 2. The van der Waals surface area contributed by atoms with E-state index in [1.165, 1.54) is 12.6 Å². The summed E-state index contributed by atoms with van der Waals surface area (Å²) < 4.78 is 27.0. The molecule has 0 unspecified atom stereocenters. The third kappa shape index (κ3) is 4.71. The molecule has 0 bridgehead atoms. The lowest BCUT2D eigenvalue weighted by molar-refractivity contribution is -0.121. The van der Waals surface area contributed by atoms with E-state index in [9.17, 15) is 13.2 Å². The number of carbonyl (C=O) groups excluding carboxylic acids is 1. The molecule has 158 valence electrons. The number of hydrogen-bond acceptors (Lipinski definition) is 3. The van der Waals surface area contributed by atoms with Gasteiger partial charge in [0, 0.05) is 7.05 Å². The van der Waals surface area contributed by atoms with Crippen molar-refractivity contribution in [3.8, 4) is 0 Å². The molecule has 1 amide bonds. The van der Waals surface area contributed by atoms with Crippen molar-refractivity contribution in [2.24, 2.45) is 0 Å². The van der Waals surface area contributed by atoms with Gasteiger partial charge in [-0.3, -0.25) is 4.79 Å². The fourth-order valence-electron chi connectivity index (χ4n) is 3.65. The molecule has 0 fully saturated rings. The second kappa shape index (κ2) is 8.98. The van der Waals surface area contributed by atoms with E-state index in [2.05, 4.69) is 11.4 Å². The van der Waals surface area contributed by atoms with E-state index in [4.69, 9.17) is 0 Å². The molecule has 0 heterocycles. The molecule has 0 saturated heterocycles. The summed E-state index contributed by atoms with van der Waals surface area (Å²) in [4.78, 5) is 12.8. The molecule has 5 nitrogen and oxygen atoms in total. The van der Waals surface area contributed by atoms with Crippen LogP contribution >= 0.6 is 0 Å². The summed E-state index contributed by atoms with van der Waals surface area (Å²) in [6, 6.07) is 18.6. The number of nitrogens with zero attached hydrogens (tertiary/aromatic N) is 1. The molecule has 0 aliphatic heterocycles. The van der Waals surface area contributed by atoms with Crippen LogP contribution in [0.3, 0.4) is 0 Å². The van der Waals surface area contributed by atoms with E-state index in [0.29, 0.717) is 0 Å². The predicted octanol–water partition coefficient (Wildman–Crippen LogP) is 4.34. The van der Waals surface area contributed by atoms with Crippen molar-refractivity contribution in [1.29, 1.82) is 0 Å². The number of rotatable bonds is 7. The Bertz CT molecular complexity index is 1170. The van der Waals surface area contributed by atoms with Crippen LogP contribution in [0.5, 0.6) is 0 Å². The minimum Gasteiger partial charge on any atom is -0.348 e. The van der Waals surface area contributed by atoms with Crippen molar-refractivity contribution in [1.82, 2.24) is 9.62 Å². The van der Waals surface area contributed by atoms with E-state index in [-0.39, 0.29) is 23.4 Å². The van der Waals surface area contributed by atoms with Crippen LogP contribution in [0.4, 0.5) is 0 Å². The lowest BCUT2D eigenvalue weighted by Crippen LogP contribution is -2.39. The fraction of sp³-hybridized carbons (Fsp3) is 0.292. The van der Waals surface area contributed by atoms with Crippen LogP contribution in [0.25, 0.3) is 10.8 Å². The molecular weight excluding hydrogens is 396 g/mol. The predicted molar refractivity (Wildman–Crippen MR) is 121 cm³/mol. The molecule has 0 spiro atoms. The zero-order chi connectivity index (χ0) is 21.9. The largest absolute Gasteiger partial charge is 0.348 e. The van der Waals surface area contributed by atoms with E-state index >= 15 is 0 Å². The summed E-state index contributed by atoms with van der Waals surface area (Å²) >= 11 is 0. The molecule has 0 saturated carbocycles. The Labute approximate surface area is 178 Å². The first-order chi connectivity index (χ1) is 14.2. The van der Waals surface area contributed by atoms with Crippen molar-refractivity contribution in [2.45, 2.75) is 38.1 Å². The lowest BCUT2D eigenvalue weighted by atomic mass is 9.97. The summed E-state index contributed by atoms with van der Waals surface area (Å²) in [6.07, 6.45) is 0.719. The maximum absolute atomic E-state index is 13.0.